The van der Waals surface area contributed by atoms with Crippen molar-refractivity contribution in [3.05, 3.63) is 76.3 Å². The Morgan fingerprint density at radius 3 is 2.18 bits per heavy atom. The summed E-state index contributed by atoms with van der Waals surface area (Å²) in [5.74, 6) is -0.125. The van der Waals surface area contributed by atoms with Crippen molar-refractivity contribution in [3.8, 4) is 11.5 Å². The number of anilines is 3. The average molecular weight is 580 g/mol. The Balaban J connectivity index is 0.000000273. The lowest BCUT2D eigenvalue weighted by molar-refractivity contribution is 0.195. The minimum atomic E-state index is -0.901. The molecule has 3 aromatic carbocycles. The van der Waals surface area contributed by atoms with Gasteiger partial charge in [0.25, 0.3) is 0 Å². The van der Waals surface area contributed by atoms with Crippen LogP contribution in [0.5, 0.6) is 11.5 Å². The summed E-state index contributed by atoms with van der Waals surface area (Å²) in [5.41, 5.74) is 2.04. The number of rotatable bonds is 8. The van der Waals surface area contributed by atoms with E-state index in [0.717, 1.165) is 18.7 Å². The van der Waals surface area contributed by atoms with E-state index in [2.05, 4.69) is 28.2 Å². The first-order valence-electron chi connectivity index (χ1n) is 12.0. The number of amides is 2. The van der Waals surface area contributed by atoms with Crippen LogP contribution >= 0.6 is 35.4 Å². The minimum absolute atomic E-state index is 0.0587. The van der Waals surface area contributed by atoms with Gasteiger partial charge in [0.1, 0.15) is 11.5 Å². The third kappa shape index (κ3) is 10.6. The Hall–Kier alpha value is -3.24. The number of urea groups is 1. The van der Waals surface area contributed by atoms with Gasteiger partial charge in [-0.3, -0.25) is 0 Å². The Morgan fingerprint density at radius 1 is 0.895 bits per heavy atom. The zero-order valence-electron chi connectivity index (χ0n) is 21.1. The van der Waals surface area contributed by atoms with Crippen LogP contribution in [0.2, 0.25) is 10.0 Å². The first kappa shape index (κ1) is 31.0. The Bertz CT molecular complexity index is 1210. The maximum Gasteiger partial charge on any atom is 0.323 e. The van der Waals surface area contributed by atoms with Gasteiger partial charge in [-0.05, 0) is 68.0 Å². The zero-order valence-corrected chi connectivity index (χ0v) is 23.4. The second-order valence-electron chi connectivity index (χ2n) is 8.27. The number of phenolic OH excluding ortho intramolecular Hbond substituents is 2. The topological polar surface area (TPSA) is 126 Å². The van der Waals surface area contributed by atoms with Crippen molar-refractivity contribution in [2.75, 3.05) is 22.5 Å². The quantitative estimate of drug-likeness (QED) is 0.0851. The molecular weight excluding hydrogens is 547 g/mol. The highest BCUT2D eigenvalue weighted by molar-refractivity contribution is 7.80. The van der Waals surface area contributed by atoms with E-state index < -0.39 is 12.1 Å². The van der Waals surface area contributed by atoms with Gasteiger partial charge in [0.15, 0.2) is 5.11 Å². The molecule has 3 aromatic rings. The third-order valence-electron chi connectivity index (χ3n) is 5.10. The van der Waals surface area contributed by atoms with Gasteiger partial charge in [-0.2, -0.15) is 0 Å². The first-order chi connectivity index (χ1) is 18.1. The number of carbonyl (C=O) groups is 1. The summed E-state index contributed by atoms with van der Waals surface area (Å²) in [6.07, 6.45) is 2.59. The number of hydrogen-bond acceptors (Lipinski definition) is 5. The monoisotopic (exact) mass is 578 g/mol. The fraction of sp³-hybridized carbons (Fsp3) is 0.259. The fourth-order valence-electron chi connectivity index (χ4n) is 3.16. The van der Waals surface area contributed by atoms with Gasteiger partial charge < -0.3 is 36.6 Å². The molecule has 1 atom stereocenters. The summed E-state index contributed by atoms with van der Waals surface area (Å²) in [4.78, 5) is 11.9. The number of para-hydroxylation sites is 1. The molecule has 0 aliphatic carbocycles. The molecular formula is C27H32Cl2N4O4S. The molecule has 3 rings (SSSR count). The van der Waals surface area contributed by atoms with Crippen molar-refractivity contribution in [3.63, 3.8) is 0 Å². The number of nitrogens with one attached hydrogen (secondary N) is 4. The van der Waals surface area contributed by atoms with Crippen molar-refractivity contribution in [2.45, 2.75) is 39.2 Å². The van der Waals surface area contributed by atoms with E-state index in [0.29, 0.717) is 21.5 Å². The predicted octanol–water partition coefficient (Wildman–Crippen LogP) is 7.27. The van der Waals surface area contributed by atoms with Crippen molar-refractivity contribution in [1.29, 1.82) is 0 Å². The normalized spacial score (nSPS) is 11.0. The predicted molar refractivity (Wildman–Crippen MR) is 160 cm³/mol. The Morgan fingerprint density at radius 2 is 1.55 bits per heavy atom. The number of aromatic hydroxyl groups is 2. The van der Waals surface area contributed by atoms with E-state index in [1.54, 1.807) is 36.4 Å². The Labute approximate surface area is 238 Å². The standard InChI is InChI=1S/C15H15ClN2O3.C12H17ClN2OS/c1-9(19)12-7-11(8-13(16)14(12)20)18-15(21)17-10-5-3-2-4-6-10;1-2-3-4-7-14-12(17)15-9-5-6-11(16)10(13)8-9/h2-9,19-20H,1H3,(H2,17,18,21);5-6,8,16H,2-4,7H2,1H3,(H2,14,15,17). The summed E-state index contributed by atoms with van der Waals surface area (Å²) in [6.45, 7) is 4.53. The lowest BCUT2D eigenvalue weighted by Gasteiger charge is -2.13. The first-order valence-corrected chi connectivity index (χ1v) is 13.1. The van der Waals surface area contributed by atoms with Gasteiger partial charge in [-0.25, -0.2) is 4.79 Å². The molecule has 1 unspecified atom stereocenters. The highest BCUT2D eigenvalue weighted by atomic mass is 35.5. The van der Waals surface area contributed by atoms with Crippen LogP contribution < -0.4 is 21.3 Å². The van der Waals surface area contributed by atoms with Gasteiger partial charge in [-0.15, -0.1) is 0 Å². The number of thiocarbonyl (C=S) groups is 1. The second-order valence-corrected chi connectivity index (χ2v) is 9.49. The number of phenols is 2. The van der Waals surface area contributed by atoms with Crippen LogP contribution in [0.15, 0.2) is 60.7 Å². The zero-order chi connectivity index (χ0) is 28.1. The molecule has 0 radical (unpaired) electrons. The Kier molecular flexibility index (Phi) is 12.9. The molecule has 0 aliphatic rings. The highest BCUT2D eigenvalue weighted by Gasteiger charge is 2.14. The molecule has 0 saturated heterocycles. The second kappa shape index (κ2) is 15.9. The molecule has 38 heavy (non-hydrogen) atoms. The SMILES string of the molecule is CC(O)c1cc(NC(=O)Nc2ccccc2)cc(Cl)c1O.CCCCCNC(=S)Nc1ccc(O)c(Cl)c1. The van der Waals surface area contributed by atoms with Crippen molar-refractivity contribution >= 4 is 63.6 Å². The maximum atomic E-state index is 11.9. The lowest BCUT2D eigenvalue weighted by Crippen LogP contribution is -2.29. The molecule has 0 saturated carbocycles. The molecule has 8 nitrogen and oxygen atoms in total. The van der Waals surface area contributed by atoms with E-state index in [9.17, 15) is 20.1 Å². The van der Waals surface area contributed by atoms with Crippen molar-refractivity contribution in [2.24, 2.45) is 0 Å². The molecule has 0 bridgehead atoms. The van der Waals surface area contributed by atoms with Crippen LogP contribution in [0.1, 0.15) is 44.8 Å². The number of aliphatic hydroxyl groups is 1. The highest BCUT2D eigenvalue weighted by Crippen LogP contribution is 2.35. The number of halogens is 2. The van der Waals surface area contributed by atoms with Gasteiger partial charge in [-0.1, -0.05) is 61.2 Å². The van der Waals surface area contributed by atoms with Crippen LogP contribution in [0, 0.1) is 0 Å². The molecule has 0 fully saturated rings. The number of aliphatic hydroxyl groups excluding tert-OH is 1. The van der Waals surface area contributed by atoms with Crippen molar-refractivity contribution < 1.29 is 20.1 Å². The molecule has 0 heterocycles. The largest absolute Gasteiger partial charge is 0.506 e. The maximum absolute atomic E-state index is 11.9. The van der Waals surface area contributed by atoms with E-state index >= 15 is 0 Å². The van der Waals surface area contributed by atoms with Crippen LogP contribution in [-0.2, 0) is 0 Å². The van der Waals surface area contributed by atoms with Crippen molar-refractivity contribution in [1.82, 2.24) is 5.32 Å². The van der Waals surface area contributed by atoms with Gasteiger partial charge in [0.05, 0.1) is 16.1 Å². The molecule has 2 amide bonds. The average Bonchev–Trinajstić information content (AvgIpc) is 2.87. The van der Waals surface area contributed by atoms with Gasteiger partial charge >= 0.3 is 6.03 Å². The number of benzene rings is 3. The molecule has 11 heteroatoms. The summed E-state index contributed by atoms with van der Waals surface area (Å²) in [7, 11) is 0. The van der Waals surface area contributed by atoms with Crippen LogP contribution in [-0.4, -0.2) is 33.0 Å². The lowest BCUT2D eigenvalue weighted by atomic mass is 10.1. The van der Waals surface area contributed by atoms with Crippen LogP contribution in [0.25, 0.3) is 0 Å². The van der Waals surface area contributed by atoms with Gasteiger partial charge in [0, 0.05) is 29.2 Å². The molecule has 7 N–H and O–H groups in total. The van der Waals surface area contributed by atoms with Crippen LogP contribution in [0.4, 0.5) is 21.9 Å². The fourth-order valence-corrected chi connectivity index (χ4v) is 3.79. The van der Waals surface area contributed by atoms with E-state index in [-0.39, 0.29) is 22.1 Å². The van der Waals surface area contributed by atoms with E-state index in [1.807, 2.05) is 6.07 Å². The molecule has 0 aromatic heterocycles. The summed E-state index contributed by atoms with van der Waals surface area (Å²) >= 11 is 16.8. The summed E-state index contributed by atoms with van der Waals surface area (Å²) in [5, 5.41) is 40.9. The summed E-state index contributed by atoms with van der Waals surface area (Å²) in [6, 6.07) is 16.3. The number of carbonyl (C=O) groups excluding carboxylic acids is 1. The molecule has 0 aliphatic heterocycles. The molecule has 204 valence electrons. The third-order valence-corrected chi connectivity index (χ3v) is 5.94. The van der Waals surface area contributed by atoms with Gasteiger partial charge in [0.2, 0.25) is 0 Å². The van der Waals surface area contributed by atoms with E-state index in [1.165, 1.54) is 38.0 Å². The van der Waals surface area contributed by atoms with Crippen LogP contribution in [0.3, 0.4) is 0 Å². The smallest absolute Gasteiger partial charge is 0.323 e. The number of unbranched alkanes of at least 4 members (excludes halogenated alkanes) is 2. The number of hydrogen-bond donors (Lipinski definition) is 7. The molecule has 0 spiro atoms. The summed E-state index contributed by atoms with van der Waals surface area (Å²) < 4.78 is 0. The van der Waals surface area contributed by atoms with E-state index in [4.69, 9.17) is 35.4 Å². The minimum Gasteiger partial charge on any atom is -0.506 e.